The van der Waals surface area contributed by atoms with Crippen LogP contribution in [0.15, 0.2) is 18.2 Å². The number of hydrogen-bond donors (Lipinski definition) is 1. The lowest BCUT2D eigenvalue weighted by Gasteiger charge is -2.30. The predicted molar refractivity (Wildman–Crippen MR) is 74.5 cm³/mol. The van der Waals surface area contributed by atoms with Crippen molar-refractivity contribution in [2.45, 2.75) is 18.6 Å². The largest absolute Gasteiger partial charge is 0.493 e. The van der Waals surface area contributed by atoms with E-state index in [2.05, 4.69) is 23.5 Å². The van der Waals surface area contributed by atoms with E-state index in [-0.39, 0.29) is 12.1 Å². The first-order valence-electron chi connectivity index (χ1n) is 6.51. The molecule has 0 amide bonds. The van der Waals surface area contributed by atoms with Crippen LogP contribution in [0.5, 0.6) is 5.75 Å². The van der Waals surface area contributed by atoms with Gasteiger partial charge in [-0.1, -0.05) is 12.1 Å². The second-order valence-electron chi connectivity index (χ2n) is 4.72. The molecule has 1 aromatic rings. The van der Waals surface area contributed by atoms with Crippen molar-refractivity contribution in [3.63, 3.8) is 0 Å². The van der Waals surface area contributed by atoms with Crippen LogP contribution < -0.4 is 10.1 Å². The summed E-state index contributed by atoms with van der Waals surface area (Å²) in [6.07, 6.45) is 1.30. The Morgan fingerprint density at radius 1 is 1.39 bits per heavy atom. The SMILES string of the molecule is CNC(c1ccc2c(c1)CCO2)C1CSCCO1. The standard InChI is InChI=1S/C14H19NO2S/c1-15-14(13-9-18-7-6-17-13)11-2-3-12-10(8-11)4-5-16-12/h2-3,8,13-15H,4-7,9H2,1H3. The van der Waals surface area contributed by atoms with Gasteiger partial charge in [0.2, 0.25) is 0 Å². The molecule has 2 aliphatic rings. The first-order valence-corrected chi connectivity index (χ1v) is 7.66. The molecular weight excluding hydrogens is 246 g/mol. The molecule has 2 aliphatic heterocycles. The van der Waals surface area contributed by atoms with Gasteiger partial charge in [0, 0.05) is 17.9 Å². The average Bonchev–Trinajstić information content (AvgIpc) is 2.88. The van der Waals surface area contributed by atoms with E-state index in [9.17, 15) is 0 Å². The number of ether oxygens (including phenoxy) is 2. The van der Waals surface area contributed by atoms with E-state index in [1.165, 1.54) is 11.1 Å². The number of benzene rings is 1. The normalized spacial score (nSPS) is 24.4. The van der Waals surface area contributed by atoms with Gasteiger partial charge in [0.1, 0.15) is 5.75 Å². The second kappa shape index (κ2) is 5.51. The van der Waals surface area contributed by atoms with Gasteiger partial charge in [-0.3, -0.25) is 0 Å². The minimum atomic E-state index is 0.272. The minimum Gasteiger partial charge on any atom is -0.493 e. The van der Waals surface area contributed by atoms with Gasteiger partial charge in [0.25, 0.3) is 0 Å². The van der Waals surface area contributed by atoms with E-state index in [1.807, 2.05) is 18.8 Å². The third-order valence-electron chi connectivity index (χ3n) is 3.60. The first kappa shape index (κ1) is 12.3. The lowest BCUT2D eigenvalue weighted by molar-refractivity contribution is 0.0488. The maximum absolute atomic E-state index is 5.89. The Labute approximate surface area is 112 Å². The number of rotatable bonds is 3. The fourth-order valence-corrected chi connectivity index (χ4v) is 3.57. The summed E-state index contributed by atoms with van der Waals surface area (Å²) in [5.41, 5.74) is 2.64. The molecule has 0 saturated carbocycles. The summed E-state index contributed by atoms with van der Waals surface area (Å²) in [6, 6.07) is 6.81. The van der Waals surface area contributed by atoms with Crippen molar-refractivity contribution in [2.24, 2.45) is 0 Å². The van der Waals surface area contributed by atoms with E-state index in [1.54, 1.807) is 0 Å². The Balaban J connectivity index is 1.82. The summed E-state index contributed by atoms with van der Waals surface area (Å²) in [5, 5.41) is 3.40. The topological polar surface area (TPSA) is 30.5 Å². The molecule has 2 atom stereocenters. The molecule has 1 fully saturated rings. The molecular formula is C14H19NO2S. The summed E-state index contributed by atoms with van der Waals surface area (Å²) in [7, 11) is 2.01. The van der Waals surface area contributed by atoms with Gasteiger partial charge in [-0.25, -0.2) is 0 Å². The quantitative estimate of drug-likeness (QED) is 0.905. The van der Waals surface area contributed by atoms with Crippen molar-refractivity contribution in [3.8, 4) is 5.75 Å². The van der Waals surface area contributed by atoms with Crippen molar-refractivity contribution in [1.29, 1.82) is 0 Å². The van der Waals surface area contributed by atoms with E-state index >= 15 is 0 Å². The highest BCUT2D eigenvalue weighted by molar-refractivity contribution is 7.99. The molecule has 0 radical (unpaired) electrons. The molecule has 98 valence electrons. The zero-order valence-corrected chi connectivity index (χ0v) is 11.5. The highest BCUT2D eigenvalue weighted by atomic mass is 32.2. The molecule has 0 bridgehead atoms. The van der Waals surface area contributed by atoms with Crippen LogP contribution in [-0.4, -0.2) is 37.9 Å². The fourth-order valence-electron chi connectivity index (χ4n) is 2.67. The van der Waals surface area contributed by atoms with Crippen molar-refractivity contribution in [2.75, 3.05) is 31.8 Å². The lowest BCUT2D eigenvalue weighted by atomic mass is 9.99. The molecule has 4 heteroatoms. The maximum atomic E-state index is 5.89. The van der Waals surface area contributed by atoms with Gasteiger partial charge in [0.15, 0.2) is 0 Å². The molecule has 0 aliphatic carbocycles. The van der Waals surface area contributed by atoms with E-state index in [4.69, 9.17) is 9.47 Å². The average molecular weight is 265 g/mol. The molecule has 3 nitrogen and oxygen atoms in total. The van der Waals surface area contributed by atoms with E-state index < -0.39 is 0 Å². The molecule has 18 heavy (non-hydrogen) atoms. The van der Waals surface area contributed by atoms with E-state index in [0.29, 0.717) is 0 Å². The van der Waals surface area contributed by atoms with Crippen LogP contribution in [0.1, 0.15) is 17.2 Å². The molecule has 1 N–H and O–H groups in total. The highest BCUT2D eigenvalue weighted by Gasteiger charge is 2.26. The Bertz CT molecular complexity index is 418. The Morgan fingerprint density at radius 3 is 3.11 bits per heavy atom. The van der Waals surface area contributed by atoms with Crippen LogP contribution in [0.25, 0.3) is 0 Å². The number of thioether (sulfide) groups is 1. The number of hydrogen-bond acceptors (Lipinski definition) is 4. The second-order valence-corrected chi connectivity index (χ2v) is 5.87. The summed E-state index contributed by atoms with van der Waals surface area (Å²) in [4.78, 5) is 0. The monoisotopic (exact) mass is 265 g/mol. The van der Waals surface area contributed by atoms with Crippen LogP contribution in [0.4, 0.5) is 0 Å². The highest BCUT2D eigenvalue weighted by Crippen LogP contribution is 2.31. The Hall–Kier alpha value is -0.710. The number of fused-ring (bicyclic) bond motifs is 1. The summed E-state index contributed by atoms with van der Waals surface area (Å²) < 4.78 is 11.4. The van der Waals surface area contributed by atoms with Crippen LogP contribution >= 0.6 is 11.8 Å². The zero-order valence-electron chi connectivity index (χ0n) is 10.6. The van der Waals surface area contributed by atoms with Gasteiger partial charge < -0.3 is 14.8 Å². The smallest absolute Gasteiger partial charge is 0.122 e. The molecule has 2 heterocycles. The first-order chi connectivity index (χ1) is 8.88. The molecule has 0 spiro atoms. The van der Waals surface area contributed by atoms with Gasteiger partial charge in [-0.05, 0) is 24.2 Å². The number of nitrogens with one attached hydrogen (secondary N) is 1. The van der Waals surface area contributed by atoms with Crippen LogP contribution in [-0.2, 0) is 11.2 Å². The van der Waals surface area contributed by atoms with Crippen molar-refractivity contribution < 1.29 is 9.47 Å². The summed E-state index contributed by atoms with van der Waals surface area (Å²) in [6.45, 7) is 1.68. The van der Waals surface area contributed by atoms with Gasteiger partial charge in [-0.2, -0.15) is 11.8 Å². The zero-order chi connectivity index (χ0) is 12.4. The molecule has 2 unspecified atom stereocenters. The summed E-state index contributed by atoms with van der Waals surface area (Å²) >= 11 is 1.98. The third kappa shape index (κ3) is 2.37. The van der Waals surface area contributed by atoms with Crippen LogP contribution in [0, 0.1) is 0 Å². The summed E-state index contributed by atoms with van der Waals surface area (Å²) in [5.74, 6) is 3.23. The fraction of sp³-hybridized carbons (Fsp3) is 0.571. The lowest BCUT2D eigenvalue weighted by Crippen LogP contribution is -2.36. The molecule has 0 aromatic heterocycles. The maximum Gasteiger partial charge on any atom is 0.122 e. The predicted octanol–water partition coefficient (Wildman–Crippen LogP) is 2.01. The third-order valence-corrected chi connectivity index (χ3v) is 4.62. The Kier molecular flexibility index (Phi) is 3.77. The number of likely N-dealkylation sites (N-methyl/N-ethyl adjacent to an activating group) is 1. The van der Waals surface area contributed by atoms with Crippen LogP contribution in [0.2, 0.25) is 0 Å². The van der Waals surface area contributed by atoms with Crippen molar-refractivity contribution >= 4 is 11.8 Å². The van der Waals surface area contributed by atoms with Crippen molar-refractivity contribution in [3.05, 3.63) is 29.3 Å². The van der Waals surface area contributed by atoms with Gasteiger partial charge >= 0.3 is 0 Å². The molecule has 1 aromatic carbocycles. The Morgan fingerprint density at radius 2 is 2.33 bits per heavy atom. The van der Waals surface area contributed by atoms with Crippen molar-refractivity contribution in [1.82, 2.24) is 5.32 Å². The molecule has 3 rings (SSSR count). The minimum absolute atomic E-state index is 0.272. The molecule has 1 saturated heterocycles. The van der Waals surface area contributed by atoms with Crippen LogP contribution in [0.3, 0.4) is 0 Å². The van der Waals surface area contributed by atoms with Gasteiger partial charge in [0.05, 0.1) is 25.4 Å². The van der Waals surface area contributed by atoms with E-state index in [0.717, 1.165) is 36.9 Å². The van der Waals surface area contributed by atoms with Gasteiger partial charge in [-0.15, -0.1) is 0 Å².